The summed E-state index contributed by atoms with van der Waals surface area (Å²) < 4.78 is 15.9. The van der Waals surface area contributed by atoms with Crippen molar-refractivity contribution in [2.75, 3.05) is 19.8 Å². The van der Waals surface area contributed by atoms with E-state index in [4.69, 9.17) is 19.9 Å². The van der Waals surface area contributed by atoms with Gasteiger partial charge in [-0.15, -0.1) is 0 Å². The van der Waals surface area contributed by atoms with Crippen molar-refractivity contribution in [1.82, 2.24) is 0 Å². The first-order chi connectivity index (χ1) is 15.2. The number of rotatable bonds is 16. The second-order valence-corrected chi connectivity index (χ2v) is 14.5. The topological polar surface area (TPSA) is 87.9 Å². The molecule has 2 N–H and O–H groups in total. The zero-order chi connectivity index (χ0) is 24.0. The Morgan fingerprint density at radius 1 is 0.906 bits per heavy atom. The molecule has 0 radical (unpaired) electrons. The largest absolute Gasteiger partial charge is 0.494 e. The molecule has 0 aliphatic carbocycles. The normalized spacial score (nSPS) is 11.8. The average Bonchev–Trinajstić information content (AvgIpc) is 2.77. The Morgan fingerprint density at radius 3 is 2.00 bits per heavy atom. The molecule has 182 valence electrons. The molecule has 32 heavy (non-hydrogen) atoms. The Morgan fingerprint density at radius 2 is 1.47 bits per heavy atom. The lowest BCUT2D eigenvalue weighted by Gasteiger charge is -2.24. The molecule has 0 spiro atoms. The number of carbonyl (C=O) groups is 2. The molecule has 0 fully saturated rings. The summed E-state index contributed by atoms with van der Waals surface area (Å²) in [5, 5.41) is 0. The second-order valence-electron chi connectivity index (χ2n) is 9.13. The van der Waals surface area contributed by atoms with Gasteiger partial charge in [-0.1, -0.05) is 63.5 Å². The summed E-state index contributed by atoms with van der Waals surface area (Å²) in [6, 6.07) is 10.5. The summed E-state index contributed by atoms with van der Waals surface area (Å²) >= 11 is 0. The molecule has 0 aliphatic rings. The molecule has 7 heteroatoms. The van der Waals surface area contributed by atoms with Crippen LogP contribution in [0.25, 0.3) is 0 Å². The Hall–Kier alpha value is -1.86. The van der Waals surface area contributed by atoms with Crippen molar-refractivity contribution in [3.63, 3.8) is 0 Å². The fraction of sp³-hybridized carbons (Fsp3) is 0.680. The molecule has 0 saturated heterocycles. The third-order valence-corrected chi connectivity index (χ3v) is 9.15. The first-order valence-corrected chi connectivity index (χ1v) is 15.4. The molecule has 1 aromatic carbocycles. The fourth-order valence-electron chi connectivity index (χ4n) is 3.58. The second kappa shape index (κ2) is 14.3. The number of unbranched alkanes of at least 4 members (excludes halogenated alkanes) is 2. The number of hydrogen-bond acceptors (Lipinski definition) is 6. The van der Waals surface area contributed by atoms with E-state index in [1.54, 1.807) is 13.8 Å². The standard InChI is InChI=1S/C25H43NO5Si/c1-6-9-19-32(4,5)20-11-10-18-31-22-14-12-21(13-15-22)16-17-25(26,23(27)29-7-2)24(28)30-8-3/h12-15H,6-11,16-20,26H2,1-5H3. The van der Waals surface area contributed by atoms with E-state index in [0.29, 0.717) is 6.42 Å². The van der Waals surface area contributed by atoms with Crippen LogP contribution >= 0.6 is 0 Å². The first kappa shape index (κ1) is 28.2. The number of hydrogen-bond donors (Lipinski definition) is 1. The predicted octanol–water partition coefficient (Wildman–Crippen LogP) is 5.11. The molecule has 1 aromatic rings. The maximum atomic E-state index is 12.3. The lowest BCUT2D eigenvalue weighted by atomic mass is 9.92. The van der Waals surface area contributed by atoms with Crippen molar-refractivity contribution in [2.24, 2.45) is 5.73 Å². The molecule has 0 bridgehead atoms. The summed E-state index contributed by atoms with van der Waals surface area (Å²) in [5.74, 6) is -0.676. The van der Waals surface area contributed by atoms with Crippen molar-refractivity contribution in [2.45, 2.75) is 90.0 Å². The minimum absolute atomic E-state index is 0.114. The van der Waals surface area contributed by atoms with Gasteiger partial charge in [0.15, 0.2) is 0 Å². The van der Waals surface area contributed by atoms with E-state index in [-0.39, 0.29) is 19.6 Å². The number of ether oxygens (including phenoxy) is 3. The van der Waals surface area contributed by atoms with Crippen LogP contribution in [-0.4, -0.2) is 45.4 Å². The van der Waals surface area contributed by atoms with E-state index >= 15 is 0 Å². The van der Waals surface area contributed by atoms with E-state index in [2.05, 4.69) is 20.0 Å². The fourth-order valence-corrected chi connectivity index (χ4v) is 6.34. The Balaban J connectivity index is 2.50. The van der Waals surface area contributed by atoms with Gasteiger partial charge in [-0.25, -0.2) is 9.59 Å². The van der Waals surface area contributed by atoms with Crippen molar-refractivity contribution < 1.29 is 23.8 Å². The third kappa shape index (κ3) is 9.73. The molecule has 0 saturated carbocycles. The summed E-state index contributed by atoms with van der Waals surface area (Å²) in [6.45, 7) is 11.6. The van der Waals surface area contributed by atoms with Crippen LogP contribution in [0.4, 0.5) is 0 Å². The number of aryl methyl sites for hydroxylation is 1. The van der Waals surface area contributed by atoms with Gasteiger partial charge < -0.3 is 19.9 Å². The van der Waals surface area contributed by atoms with Gasteiger partial charge in [0.25, 0.3) is 0 Å². The van der Waals surface area contributed by atoms with Gasteiger partial charge in [-0.3, -0.25) is 0 Å². The summed E-state index contributed by atoms with van der Waals surface area (Å²) in [5.41, 5.74) is 5.28. The highest BCUT2D eigenvalue weighted by molar-refractivity contribution is 6.77. The van der Waals surface area contributed by atoms with Gasteiger partial charge in [0.05, 0.1) is 19.8 Å². The highest BCUT2D eigenvalue weighted by atomic mass is 28.3. The number of esters is 2. The average molecular weight is 466 g/mol. The Bertz CT molecular complexity index is 672. The van der Waals surface area contributed by atoms with Gasteiger partial charge >= 0.3 is 11.9 Å². The summed E-state index contributed by atoms with van der Waals surface area (Å²) in [6.07, 6.45) is 5.50. The molecule has 0 unspecified atom stereocenters. The first-order valence-electron chi connectivity index (χ1n) is 12.0. The molecule has 1 rings (SSSR count). The quantitative estimate of drug-likeness (QED) is 0.158. The molecule has 0 heterocycles. The molecular formula is C25H43NO5Si. The smallest absolute Gasteiger partial charge is 0.337 e. The van der Waals surface area contributed by atoms with E-state index in [1.165, 1.54) is 31.4 Å². The van der Waals surface area contributed by atoms with Gasteiger partial charge in [0.1, 0.15) is 5.75 Å². The monoisotopic (exact) mass is 465 g/mol. The highest BCUT2D eigenvalue weighted by Gasteiger charge is 2.44. The number of carbonyl (C=O) groups excluding carboxylic acids is 2. The van der Waals surface area contributed by atoms with Crippen molar-refractivity contribution in [3.8, 4) is 5.75 Å². The summed E-state index contributed by atoms with van der Waals surface area (Å²) in [4.78, 5) is 24.6. The van der Waals surface area contributed by atoms with Crippen LogP contribution in [0.3, 0.4) is 0 Å². The molecule has 6 nitrogen and oxygen atoms in total. The van der Waals surface area contributed by atoms with Crippen LogP contribution in [0.15, 0.2) is 24.3 Å². The van der Waals surface area contributed by atoms with Crippen molar-refractivity contribution in [1.29, 1.82) is 0 Å². The maximum Gasteiger partial charge on any atom is 0.337 e. The molecular weight excluding hydrogens is 422 g/mol. The van der Waals surface area contributed by atoms with E-state index in [0.717, 1.165) is 24.3 Å². The molecule has 0 aromatic heterocycles. The van der Waals surface area contributed by atoms with Gasteiger partial charge in [-0.05, 0) is 50.8 Å². The molecule has 0 amide bonds. The van der Waals surface area contributed by atoms with Crippen LogP contribution in [0.2, 0.25) is 25.2 Å². The zero-order valence-corrected chi connectivity index (χ0v) is 21.7. The van der Waals surface area contributed by atoms with Crippen LogP contribution in [0.5, 0.6) is 5.75 Å². The van der Waals surface area contributed by atoms with E-state index < -0.39 is 25.6 Å². The van der Waals surface area contributed by atoms with Crippen LogP contribution in [-0.2, 0) is 25.5 Å². The van der Waals surface area contributed by atoms with Crippen molar-refractivity contribution >= 4 is 20.0 Å². The summed E-state index contributed by atoms with van der Waals surface area (Å²) in [7, 11) is -1.04. The zero-order valence-electron chi connectivity index (χ0n) is 20.7. The SMILES string of the molecule is CCCC[Si](C)(C)CCCCOc1ccc(CCC(N)(C(=O)OCC)C(=O)OCC)cc1. The van der Waals surface area contributed by atoms with E-state index in [1.807, 2.05) is 24.3 Å². The highest BCUT2D eigenvalue weighted by Crippen LogP contribution is 2.22. The Labute approximate surface area is 195 Å². The number of nitrogens with two attached hydrogens (primary N) is 1. The van der Waals surface area contributed by atoms with E-state index in [9.17, 15) is 9.59 Å². The van der Waals surface area contributed by atoms with Crippen molar-refractivity contribution in [3.05, 3.63) is 29.8 Å². The van der Waals surface area contributed by atoms with Crippen LogP contribution in [0, 0.1) is 0 Å². The van der Waals surface area contributed by atoms with Crippen LogP contribution in [0.1, 0.15) is 58.4 Å². The lowest BCUT2D eigenvalue weighted by molar-refractivity contribution is -0.164. The van der Waals surface area contributed by atoms with Crippen LogP contribution < -0.4 is 10.5 Å². The maximum absolute atomic E-state index is 12.3. The minimum atomic E-state index is -1.80. The van der Waals surface area contributed by atoms with Gasteiger partial charge in [0.2, 0.25) is 5.54 Å². The minimum Gasteiger partial charge on any atom is -0.494 e. The number of benzene rings is 1. The third-order valence-electron chi connectivity index (χ3n) is 5.73. The molecule has 0 aliphatic heterocycles. The molecule has 0 atom stereocenters. The predicted molar refractivity (Wildman–Crippen MR) is 132 cm³/mol. The van der Waals surface area contributed by atoms with Gasteiger partial charge in [-0.2, -0.15) is 0 Å². The Kier molecular flexibility index (Phi) is 12.6. The lowest BCUT2D eigenvalue weighted by Crippen LogP contribution is -2.57. The van der Waals surface area contributed by atoms with Gasteiger partial charge in [0, 0.05) is 8.07 Å².